The van der Waals surface area contributed by atoms with Crippen molar-refractivity contribution < 1.29 is 0 Å². The fourth-order valence-corrected chi connectivity index (χ4v) is 0. The SMILES string of the molecule is [SiH3][SiH](Cl)I. The van der Waals surface area contributed by atoms with Crippen molar-refractivity contribution in [3.05, 3.63) is 0 Å². The van der Waals surface area contributed by atoms with E-state index in [9.17, 15) is 0 Å². The van der Waals surface area contributed by atoms with Gasteiger partial charge in [-0.3, -0.25) is 0 Å². The van der Waals surface area contributed by atoms with E-state index >= 15 is 0 Å². The molecule has 1 unspecified atom stereocenters. The lowest BCUT2D eigenvalue weighted by molar-refractivity contribution is 4.31. The molecule has 0 N–H and O–H groups in total. The van der Waals surface area contributed by atoms with Gasteiger partial charge in [-0.1, -0.05) is 0 Å². The zero-order chi connectivity index (χ0) is 3.58. The molecule has 0 saturated carbocycles. The number of rotatable bonds is 0. The second kappa shape index (κ2) is 2.68. The molecule has 4 heteroatoms. The molecule has 0 aliphatic carbocycles. The van der Waals surface area contributed by atoms with E-state index in [0.29, 0.717) is 0 Å². The minimum Gasteiger partial charge on any atom is -0.162 e. The van der Waals surface area contributed by atoms with Crippen molar-refractivity contribution in [2.24, 2.45) is 0 Å². The Labute approximate surface area is 47.7 Å². The van der Waals surface area contributed by atoms with E-state index in [1.807, 2.05) is 0 Å². The lowest BCUT2D eigenvalue weighted by Gasteiger charge is -1.69. The normalized spacial score (nSPS) is 16.5. The van der Waals surface area contributed by atoms with Gasteiger partial charge in [-0.2, -0.15) is 11.1 Å². The highest BCUT2D eigenvalue weighted by molar-refractivity contribution is 14.1. The third-order valence-corrected chi connectivity index (χ3v) is 0. The molecule has 0 heterocycles. The van der Waals surface area contributed by atoms with Gasteiger partial charge in [0.1, 0.15) is 0 Å². The molecule has 4 heavy (non-hydrogen) atoms. The van der Waals surface area contributed by atoms with Crippen LogP contribution in [0.15, 0.2) is 0 Å². The molecule has 1 atom stereocenters. The van der Waals surface area contributed by atoms with Crippen LogP contribution in [0, 0.1) is 0 Å². The van der Waals surface area contributed by atoms with Crippen LogP contribution in [-0.4, -0.2) is 14.9 Å². The van der Waals surface area contributed by atoms with E-state index in [-0.39, 0.29) is 0 Å². The first-order chi connectivity index (χ1) is 1.73. The van der Waals surface area contributed by atoms with Gasteiger partial charge >= 0.3 is 0 Å². The molecule has 0 aromatic rings. The lowest BCUT2D eigenvalue weighted by Crippen LogP contribution is -1.83. The Morgan fingerprint density at radius 2 is 2.00 bits per heavy atom. The summed E-state index contributed by atoms with van der Waals surface area (Å²) in [5.74, 6) is 0. The summed E-state index contributed by atoms with van der Waals surface area (Å²) in [6.07, 6.45) is 0. The molecule has 26 valence electrons. The second-order valence-electron chi connectivity index (χ2n) is 0.519. The molecule has 0 aliphatic rings. The van der Waals surface area contributed by atoms with Crippen molar-refractivity contribution >= 4 is 47.8 Å². The van der Waals surface area contributed by atoms with E-state index in [2.05, 4.69) is 21.8 Å². The first-order valence-corrected chi connectivity index (χ1v) is 11.6. The Kier molecular flexibility index (Phi) is 3.65. The smallest absolute Gasteiger partial charge is 0.162 e. The molecule has 0 radical (unpaired) electrons. The molecular formula is H4ClISi2. The van der Waals surface area contributed by atoms with Gasteiger partial charge in [-0.05, 0) is 0 Å². The fraction of sp³-hybridized carbons (Fsp3) is 0. The molecule has 0 fully saturated rings. The van der Waals surface area contributed by atoms with Gasteiger partial charge in [-0.25, -0.2) is 0 Å². The van der Waals surface area contributed by atoms with Gasteiger partial charge in [0.2, 0.25) is 0 Å². The molecule has 0 amide bonds. The van der Waals surface area contributed by atoms with Crippen LogP contribution < -0.4 is 0 Å². The third-order valence-electron chi connectivity index (χ3n) is 0. The highest BCUT2D eigenvalue weighted by Crippen LogP contribution is 1.89. The molecule has 0 saturated heterocycles. The van der Waals surface area contributed by atoms with E-state index < -0.39 is 5.12 Å². The Balaban J connectivity index is 2.32. The summed E-state index contributed by atoms with van der Waals surface area (Å²) in [5, 5.41) is -0.558. The monoisotopic (exact) mass is 222 g/mol. The molecule has 0 aliphatic heterocycles. The van der Waals surface area contributed by atoms with E-state index in [1.165, 1.54) is 9.76 Å². The second-order valence-corrected chi connectivity index (χ2v) is 24.0. The topological polar surface area (TPSA) is 0 Å². The summed E-state index contributed by atoms with van der Waals surface area (Å²) in [7, 11) is 1.24. The fourth-order valence-electron chi connectivity index (χ4n) is 0. The van der Waals surface area contributed by atoms with E-state index in [1.54, 1.807) is 0 Å². The number of halogens is 2. The van der Waals surface area contributed by atoms with Crippen LogP contribution in [0.4, 0.5) is 0 Å². The first kappa shape index (κ1) is 5.45. The minimum atomic E-state index is -0.558. The molecule has 0 bridgehead atoms. The maximum atomic E-state index is 5.46. The predicted molar refractivity (Wildman–Crippen MR) is 37.0 cm³/mol. The summed E-state index contributed by atoms with van der Waals surface area (Å²) >= 11 is 7.77. The van der Waals surface area contributed by atoms with Gasteiger partial charge < -0.3 is 0 Å². The van der Waals surface area contributed by atoms with Crippen molar-refractivity contribution in [1.29, 1.82) is 0 Å². The molecule has 0 spiro atoms. The summed E-state index contributed by atoms with van der Waals surface area (Å²) in [5.41, 5.74) is 0. The average molecular weight is 223 g/mol. The highest BCUT2D eigenvalue weighted by atomic mass is 127. The summed E-state index contributed by atoms with van der Waals surface area (Å²) in [4.78, 5) is 0. The Morgan fingerprint density at radius 3 is 2.00 bits per heavy atom. The van der Waals surface area contributed by atoms with E-state index in [4.69, 9.17) is 11.1 Å². The standard InChI is InChI=1S/ClH4ISi2/c1-4(2)3/h4H,3H3. The lowest BCUT2D eigenvalue weighted by atomic mass is 27.0. The van der Waals surface area contributed by atoms with Crippen LogP contribution in [-0.2, 0) is 0 Å². The zero-order valence-electron chi connectivity index (χ0n) is 2.33. The van der Waals surface area contributed by atoms with Gasteiger partial charge in [0.25, 0.3) is 0 Å². The molecule has 0 nitrogen and oxygen atoms in total. The van der Waals surface area contributed by atoms with Crippen LogP contribution in [0.1, 0.15) is 0 Å². The maximum Gasteiger partial charge on any atom is 0.185 e. The Morgan fingerprint density at radius 1 is 2.00 bits per heavy atom. The third kappa shape index (κ3) is 9.84. The zero-order valence-corrected chi connectivity index (χ0v) is 8.40. The Hall–Kier alpha value is 1.45. The van der Waals surface area contributed by atoms with Crippen LogP contribution in [0.3, 0.4) is 0 Å². The molecule has 0 rings (SSSR count). The summed E-state index contributed by atoms with van der Waals surface area (Å²) in [6.45, 7) is 0. The minimum absolute atomic E-state index is 0.558. The Bertz CT molecular complexity index is 10.8. The quantitative estimate of drug-likeness (QED) is 0.301. The van der Waals surface area contributed by atoms with Crippen LogP contribution in [0.2, 0.25) is 0 Å². The van der Waals surface area contributed by atoms with Crippen molar-refractivity contribution in [1.82, 2.24) is 0 Å². The van der Waals surface area contributed by atoms with E-state index in [0.717, 1.165) is 0 Å². The van der Waals surface area contributed by atoms with Crippen molar-refractivity contribution in [3.63, 3.8) is 0 Å². The van der Waals surface area contributed by atoms with Gasteiger partial charge in [0.15, 0.2) is 5.12 Å². The van der Waals surface area contributed by atoms with Crippen molar-refractivity contribution in [3.8, 4) is 0 Å². The number of hydrogen-bond donors (Lipinski definition) is 0. The summed E-state index contributed by atoms with van der Waals surface area (Å²) in [6, 6.07) is 0. The van der Waals surface area contributed by atoms with Gasteiger partial charge in [0.05, 0.1) is 0 Å². The van der Waals surface area contributed by atoms with Crippen LogP contribution >= 0.6 is 32.9 Å². The van der Waals surface area contributed by atoms with Crippen molar-refractivity contribution in [2.75, 3.05) is 0 Å². The highest BCUT2D eigenvalue weighted by Gasteiger charge is 1.79. The number of hydrogen-bond acceptors (Lipinski definition) is 0. The molecule has 0 aromatic heterocycles. The predicted octanol–water partition coefficient (Wildman–Crippen LogP) is -0.257. The van der Waals surface area contributed by atoms with Gasteiger partial charge in [0, 0.05) is 9.76 Å². The average Bonchev–Trinajstić information content (AvgIpc) is 0.811. The molecule has 0 aromatic carbocycles. The largest absolute Gasteiger partial charge is 0.185 e. The molecular weight excluding hydrogens is 219 g/mol. The van der Waals surface area contributed by atoms with Gasteiger partial charge in [-0.15, -0.1) is 21.8 Å². The van der Waals surface area contributed by atoms with Crippen LogP contribution in [0.5, 0.6) is 0 Å². The first-order valence-electron chi connectivity index (χ1n) is 1.01. The summed E-state index contributed by atoms with van der Waals surface area (Å²) < 4.78 is 0. The van der Waals surface area contributed by atoms with Crippen molar-refractivity contribution in [2.45, 2.75) is 0 Å². The van der Waals surface area contributed by atoms with Crippen LogP contribution in [0.25, 0.3) is 0 Å². The maximum absolute atomic E-state index is 5.46.